The first-order chi connectivity index (χ1) is 32.5. The zero-order valence-corrected chi connectivity index (χ0v) is 46.3. The van der Waals surface area contributed by atoms with Crippen LogP contribution in [0.1, 0.15) is 290 Å². The second-order valence-electron chi connectivity index (χ2n) is 21.4. The van der Waals surface area contributed by atoms with Gasteiger partial charge >= 0.3 is 0 Å². The maximum Gasteiger partial charge on any atom is 0.268 e. The highest BCUT2D eigenvalue weighted by molar-refractivity contribution is 7.45. The number of phosphoric acid groups is 1. The van der Waals surface area contributed by atoms with Gasteiger partial charge in [0.25, 0.3) is 7.82 Å². The Labute approximate surface area is 417 Å². The summed E-state index contributed by atoms with van der Waals surface area (Å²) in [6.45, 7) is 4.67. The molecule has 0 spiro atoms. The lowest BCUT2D eigenvalue weighted by atomic mass is 10.0. The number of amides is 1. The van der Waals surface area contributed by atoms with Crippen molar-refractivity contribution in [1.82, 2.24) is 5.32 Å². The maximum absolute atomic E-state index is 12.9. The van der Waals surface area contributed by atoms with E-state index in [4.69, 9.17) is 9.05 Å². The summed E-state index contributed by atoms with van der Waals surface area (Å²) < 4.78 is 23.3. The average molecular weight is 968 g/mol. The summed E-state index contributed by atoms with van der Waals surface area (Å²) in [7, 11) is 1.26. The van der Waals surface area contributed by atoms with Crippen LogP contribution in [0.2, 0.25) is 0 Å². The lowest BCUT2D eigenvalue weighted by Gasteiger charge is -2.29. The van der Waals surface area contributed by atoms with Crippen molar-refractivity contribution < 1.29 is 32.9 Å². The second-order valence-corrected chi connectivity index (χ2v) is 22.8. The number of aliphatic hydroxyl groups is 1. The van der Waals surface area contributed by atoms with Crippen LogP contribution < -0.4 is 10.2 Å². The van der Waals surface area contributed by atoms with Gasteiger partial charge in [-0.05, 0) is 32.1 Å². The molecule has 0 bridgehead atoms. The van der Waals surface area contributed by atoms with Gasteiger partial charge < -0.3 is 28.8 Å². The number of carbonyl (C=O) groups excluding carboxylic acids is 1. The predicted molar refractivity (Wildman–Crippen MR) is 289 cm³/mol. The van der Waals surface area contributed by atoms with E-state index in [0.717, 1.165) is 38.5 Å². The summed E-state index contributed by atoms with van der Waals surface area (Å²) >= 11 is 0. The van der Waals surface area contributed by atoms with Crippen molar-refractivity contribution in [2.75, 3.05) is 40.9 Å². The highest BCUT2D eigenvalue weighted by atomic mass is 31.2. The Morgan fingerprint density at radius 3 is 1.21 bits per heavy atom. The van der Waals surface area contributed by atoms with Gasteiger partial charge in [-0.2, -0.15) is 0 Å². The molecule has 0 rings (SSSR count). The third-order valence-electron chi connectivity index (χ3n) is 13.4. The van der Waals surface area contributed by atoms with Crippen molar-refractivity contribution >= 4 is 13.7 Å². The molecular formula is C58H115N2O6P. The van der Waals surface area contributed by atoms with Crippen LogP contribution in [0.3, 0.4) is 0 Å². The number of hydrogen-bond acceptors (Lipinski definition) is 6. The van der Waals surface area contributed by atoms with E-state index in [1.165, 1.54) is 231 Å². The molecule has 0 aliphatic heterocycles. The summed E-state index contributed by atoms with van der Waals surface area (Å²) in [5.74, 6) is -0.201. The molecule has 3 unspecified atom stereocenters. The van der Waals surface area contributed by atoms with Gasteiger partial charge in [0.1, 0.15) is 13.2 Å². The van der Waals surface area contributed by atoms with Crippen LogP contribution in [0.25, 0.3) is 0 Å². The quantitative estimate of drug-likeness (QED) is 0.0272. The molecule has 0 aliphatic rings. The molecule has 0 saturated heterocycles. The normalized spacial score (nSPS) is 14.1. The number of unbranched alkanes of at least 4 members (excludes halogenated alkanes) is 39. The van der Waals surface area contributed by atoms with E-state index < -0.39 is 20.0 Å². The van der Waals surface area contributed by atoms with Crippen LogP contribution in [-0.2, 0) is 18.4 Å². The molecular weight excluding hydrogens is 852 g/mol. The summed E-state index contributed by atoms with van der Waals surface area (Å²) in [6, 6.07) is -0.900. The smallest absolute Gasteiger partial charge is 0.268 e. The van der Waals surface area contributed by atoms with Crippen LogP contribution >= 0.6 is 7.82 Å². The molecule has 0 heterocycles. The van der Waals surface area contributed by atoms with Crippen LogP contribution in [0.15, 0.2) is 24.3 Å². The Kier molecular flexibility index (Phi) is 49.2. The maximum atomic E-state index is 12.9. The molecule has 67 heavy (non-hydrogen) atoms. The fourth-order valence-electron chi connectivity index (χ4n) is 8.82. The molecule has 0 saturated carbocycles. The van der Waals surface area contributed by atoms with E-state index in [1.807, 2.05) is 27.2 Å². The Hall–Kier alpha value is -1.02. The fraction of sp³-hybridized carbons (Fsp3) is 0.914. The van der Waals surface area contributed by atoms with Crippen molar-refractivity contribution in [3.05, 3.63) is 24.3 Å². The van der Waals surface area contributed by atoms with Gasteiger partial charge in [-0.1, -0.05) is 276 Å². The molecule has 1 amide bonds. The predicted octanol–water partition coefficient (Wildman–Crippen LogP) is 17.0. The molecule has 0 fully saturated rings. The number of allylic oxidation sites excluding steroid dienone is 3. The third kappa shape index (κ3) is 52.6. The summed E-state index contributed by atoms with van der Waals surface area (Å²) in [5.41, 5.74) is 0. The van der Waals surface area contributed by atoms with Crippen molar-refractivity contribution in [2.45, 2.75) is 302 Å². The number of nitrogens with one attached hydrogen (secondary N) is 1. The number of rotatable bonds is 54. The fourth-order valence-corrected chi connectivity index (χ4v) is 9.54. The summed E-state index contributed by atoms with van der Waals surface area (Å²) in [4.78, 5) is 25.5. The molecule has 0 aromatic heterocycles. The van der Waals surface area contributed by atoms with Gasteiger partial charge in [0.15, 0.2) is 0 Å². The number of likely N-dealkylation sites (N-methyl/N-ethyl adjacent to an activating group) is 1. The highest BCUT2D eigenvalue weighted by Crippen LogP contribution is 2.38. The van der Waals surface area contributed by atoms with Gasteiger partial charge in [-0.25, -0.2) is 0 Å². The number of hydrogen-bond donors (Lipinski definition) is 2. The molecule has 398 valence electrons. The van der Waals surface area contributed by atoms with E-state index in [1.54, 1.807) is 6.08 Å². The topological polar surface area (TPSA) is 108 Å². The average Bonchev–Trinajstić information content (AvgIpc) is 3.29. The van der Waals surface area contributed by atoms with Crippen LogP contribution in [-0.4, -0.2) is 68.5 Å². The molecule has 0 aromatic rings. The lowest BCUT2D eigenvalue weighted by molar-refractivity contribution is -0.870. The number of phosphoric ester groups is 1. The third-order valence-corrected chi connectivity index (χ3v) is 14.4. The highest BCUT2D eigenvalue weighted by Gasteiger charge is 2.23. The van der Waals surface area contributed by atoms with Crippen LogP contribution in [0, 0.1) is 0 Å². The summed E-state index contributed by atoms with van der Waals surface area (Å²) in [6.07, 6.45) is 62.6. The first-order valence-corrected chi connectivity index (χ1v) is 30.7. The van der Waals surface area contributed by atoms with Crippen molar-refractivity contribution in [1.29, 1.82) is 0 Å². The van der Waals surface area contributed by atoms with E-state index in [9.17, 15) is 19.4 Å². The molecule has 9 heteroatoms. The van der Waals surface area contributed by atoms with Crippen molar-refractivity contribution in [2.24, 2.45) is 0 Å². The Morgan fingerprint density at radius 1 is 0.507 bits per heavy atom. The molecule has 2 N–H and O–H groups in total. The van der Waals surface area contributed by atoms with Crippen LogP contribution in [0.4, 0.5) is 0 Å². The second kappa shape index (κ2) is 49.9. The van der Waals surface area contributed by atoms with Gasteiger partial charge in [0.05, 0.1) is 39.9 Å². The van der Waals surface area contributed by atoms with Crippen molar-refractivity contribution in [3.8, 4) is 0 Å². The largest absolute Gasteiger partial charge is 0.756 e. The number of quaternary nitrogens is 1. The molecule has 3 atom stereocenters. The number of carbonyl (C=O) groups is 1. The number of nitrogens with zero attached hydrogens (tertiary/aromatic N) is 1. The van der Waals surface area contributed by atoms with E-state index in [-0.39, 0.29) is 19.1 Å². The minimum atomic E-state index is -4.60. The Balaban J connectivity index is 4.21. The zero-order valence-electron chi connectivity index (χ0n) is 45.4. The van der Waals surface area contributed by atoms with Crippen LogP contribution in [0.5, 0.6) is 0 Å². The Morgan fingerprint density at radius 2 is 0.836 bits per heavy atom. The molecule has 0 radical (unpaired) electrons. The van der Waals surface area contributed by atoms with E-state index >= 15 is 0 Å². The number of aliphatic hydroxyl groups excluding tert-OH is 1. The minimum Gasteiger partial charge on any atom is -0.756 e. The van der Waals surface area contributed by atoms with E-state index in [0.29, 0.717) is 17.4 Å². The molecule has 0 aliphatic carbocycles. The monoisotopic (exact) mass is 967 g/mol. The first kappa shape index (κ1) is 66.0. The minimum absolute atomic E-state index is 0.00370. The Bertz CT molecular complexity index is 1140. The van der Waals surface area contributed by atoms with Gasteiger partial charge in [-0.15, -0.1) is 0 Å². The molecule has 0 aromatic carbocycles. The van der Waals surface area contributed by atoms with Gasteiger partial charge in [0, 0.05) is 6.42 Å². The van der Waals surface area contributed by atoms with Gasteiger partial charge in [0.2, 0.25) is 5.91 Å². The van der Waals surface area contributed by atoms with Gasteiger partial charge in [-0.3, -0.25) is 9.36 Å². The standard InChI is InChI=1S/C58H115N2O6P/c1-6-8-10-12-14-16-18-20-22-24-26-27-28-29-30-31-32-34-35-37-39-41-43-45-47-49-51-57(61)56(55-66-67(63,64)65-54-53-60(3,4)5)59-58(62)52-50-48-46-44-42-40-38-36-33-25-23-21-19-17-15-13-11-9-7-2/h41,43,49,51,56-57,61H,6-40,42,44-48,50,52-55H2,1-5H3,(H-,59,62,63,64)/b43-41+,51-49+. The first-order valence-electron chi connectivity index (χ1n) is 29.2. The SMILES string of the molecule is CCCCCCCCCCCCCCCCCCCCCC/C=C/CC/C=C/C(O)C(COP(=O)([O-])OCC[N+](C)(C)C)NC(=O)CCCCCCCCCCCCCCCCCCCCC. The zero-order chi connectivity index (χ0) is 49.2. The van der Waals surface area contributed by atoms with Crippen molar-refractivity contribution in [3.63, 3.8) is 0 Å². The van der Waals surface area contributed by atoms with E-state index in [2.05, 4.69) is 31.3 Å². The lowest BCUT2D eigenvalue weighted by Crippen LogP contribution is -2.45. The summed E-state index contributed by atoms with van der Waals surface area (Å²) in [5, 5.41) is 13.9. The molecule has 8 nitrogen and oxygen atoms in total.